The fourth-order valence-corrected chi connectivity index (χ4v) is 2.48. The van der Waals surface area contributed by atoms with Gasteiger partial charge in [0.2, 0.25) is 0 Å². The third-order valence-corrected chi connectivity index (χ3v) is 4.28. The average Bonchev–Trinajstić information content (AvgIpc) is 2.54. The molecule has 7 nitrogen and oxygen atoms in total. The van der Waals surface area contributed by atoms with Gasteiger partial charge in [-0.05, 0) is 53.4 Å². The summed E-state index contributed by atoms with van der Waals surface area (Å²) in [6.45, 7) is 12.7. The van der Waals surface area contributed by atoms with Gasteiger partial charge in [-0.15, -0.1) is 24.0 Å². The summed E-state index contributed by atoms with van der Waals surface area (Å²) in [4.78, 5) is 18.1. The van der Waals surface area contributed by atoms with E-state index in [0.717, 1.165) is 38.4 Å². The van der Waals surface area contributed by atoms with Crippen LogP contribution in [0, 0.1) is 5.92 Å². The van der Waals surface area contributed by atoms with Crippen LogP contribution in [-0.2, 0) is 9.47 Å². The summed E-state index contributed by atoms with van der Waals surface area (Å²) in [5.74, 6) is 1.30. The summed E-state index contributed by atoms with van der Waals surface area (Å²) in [5, 5.41) is 6.65. The Balaban J connectivity index is 0.00000625. The van der Waals surface area contributed by atoms with Gasteiger partial charge in [-0.1, -0.05) is 0 Å². The number of nitrogens with one attached hydrogen (secondary N) is 2. The highest BCUT2D eigenvalue weighted by Crippen LogP contribution is 2.19. The fourth-order valence-electron chi connectivity index (χ4n) is 2.48. The largest absolute Gasteiger partial charge is 0.444 e. The highest BCUT2D eigenvalue weighted by Gasteiger charge is 2.27. The molecule has 1 aliphatic rings. The van der Waals surface area contributed by atoms with E-state index < -0.39 is 5.60 Å². The molecular formula is C18H37IN4O3. The molecule has 1 fully saturated rings. The van der Waals surface area contributed by atoms with Gasteiger partial charge >= 0.3 is 6.09 Å². The first kappa shape index (κ1) is 25.2. The Bertz CT molecular complexity index is 456. The summed E-state index contributed by atoms with van der Waals surface area (Å²) in [6, 6.07) is 0. The maximum Gasteiger partial charge on any atom is 0.410 e. The highest BCUT2D eigenvalue weighted by molar-refractivity contribution is 14.0. The Labute approximate surface area is 175 Å². The number of carbonyl (C=O) groups is 1. The number of rotatable bonds is 5. The summed E-state index contributed by atoms with van der Waals surface area (Å²) in [5.41, 5.74) is -0.681. The van der Waals surface area contributed by atoms with Crippen molar-refractivity contribution in [3.63, 3.8) is 0 Å². The first-order valence-corrected chi connectivity index (χ1v) is 9.04. The summed E-state index contributed by atoms with van der Waals surface area (Å²) in [6.07, 6.45) is 1.72. The van der Waals surface area contributed by atoms with Crippen molar-refractivity contribution in [3.05, 3.63) is 0 Å². The maximum atomic E-state index is 12.1. The number of aliphatic imine (C=N–C) groups is 1. The second-order valence-corrected chi connectivity index (χ2v) is 8.18. The predicted molar refractivity (Wildman–Crippen MR) is 116 cm³/mol. The number of carbonyl (C=O) groups excluding carboxylic acids is 1. The van der Waals surface area contributed by atoms with Crippen molar-refractivity contribution in [2.24, 2.45) is 10.9 Å². The molecule has 0 bridgehead atoms. The number of hydrogen-bond donors (Lipinski definition) is 2. The van der Waals surface area contributed by atoms with E-state index in [9.17, 15) is 4.79 Å². The standard InChI is InChI=1S/C18H36N4O3.HI/c1-17(2,3)25-16(23)22-10-8-14(9-11-22)12-20-15(19-6)21-13-18(4,5)24-7;/h14H,8-13H2,1-7H3,(H2,19,20,21);1H. The van der Waals surface area contributed by atoms with Crippen LogP contribution in [0.25, 0.3) is 0 Å². The van der Waals surface area contributed by atoms with Crippen LogP contribution in [-0.4, -0.2) is 68.5 Å². The highest BCUT2D eigenvalue weighted by atomic mass is 127. The third kappa shape index (κ3) is 9.80. The lowest BCUT2D eigenvalue weighted by atomic mass is 9.97. The van der Waals surface area contributed by atoms with Gasteiger partial charge in [-0.3, -0.25) is 4.99 Å². The molecule has 0 saturated carbocycles. The minimum Gasteiger partial charge on any atom is -0.444 e. The van der Waals surface area contributed by atoms with E-state index in [1.807, 2.05) is 34.6 Å². The molecule has 0 aromatic rings. The smallest absolute Gasteiger partial charge is 0.410 e. The zero-order chi connectivity index (χ0) is 19.1. The van der Waals surface area contributed by atoms with Crippen LogP contribution in [0.15, 0.2) is 4.99 Å². The number of hydrogen-bond acceptors (Lipinski definition) is 4. The van der Waals surface area contributed by atoms with Crippen molar-refractivity contribution in [2.45, 2.75) is 58.7 Å². The van der Waals surface area contributed by atoms with Crippen molar-refractivity contribution in [3.8, 4) is 0 Å². The lowest BCUT2D eigenvalue weighted by molar-refractivity contribution is 0.0185. The molecule has 0 aromatic carbocycles. The van der Waals surface area contributed by atoms with Crippen LogP contribution in [0.5, 0.6) is 0 Å². The van der Waals surface area contributed by atoms with E-state index in [0.29, 0.717) is 12.5 Å². The fraction of sp³-hybridized carbons (Fsp3) is 0.889. The zero-order valence-corrected chi connectivity index (χ0v) is 19.7. The summed E-state index contributed by atoms with van der Waals surface area (Å²) < 4.78 is 10.8. The molecule has 1 aliphatic heterocycles. The molecule has 1 heterocycles. The van der Waals surface area contributed by atoms with E-state index in [1.54, 1.807) is 19.1 Å². The Kier molecular flexibility index (Phi) is 10.8. The molecule has 1 rings (SSSR count). The van der Waals surface area contributed by atoms with Crippen LogP contribution in [0.2, 0.25) is 0 Å². The third-order valence-electron chi connectivity index (χ3n) is 4.28. The van der Waals surface area contributed by atoms with E-state index >= 15 is 0 Å². The molecule has 8 heteroatoms. The van der Waals surface area contributed by atoms with Crippen molar-refractivity contribution in [2.75, 3.05) is 40.3 Å². The van der Waals surface area contributed by atoms with Crippen LogP contribution in [0.4, 0.5) is 4.79 Å². The second-order valence-electron chi connectivity index (χ2n) is 8.18. The van der Waals surface area contributed by atoms with Gasteiger partial charge in [0, 0.05) is 40.3 Å². The lowest BCUT2D eigenvalue weighted by Gasteiger charge is -2.33. The molecular weight excluding hydrogens is 447 g/mol. The molecule has 0 aliphatic carbocycles. The minimum absolute atomic E-state index is 0. The molecule has 0 radical (unpaired) electrons. The number of guanidine groups is 1. The average molecular weight is 484 g/mol. The number of ether oxygens (including phenoxy) is 2. The van der Waals surface area contributed by atoms with Crippen LogP contribution >= 0.6 is 24.0 Å². The minimum atomic E-state index is -0.441. The topological polar surface area (TPSA) is 75.2 Å². The summed E-state index contributed by atoms with van der Waals surface area (Å²) in [7, 11) is 3.47. The molecule has 0 atom stereocenters. The Morgan fingerprint density at radius 1 is 1.15 bits per heavy atom. The van der Waals surface area contributed by atoms with Gasteiger partial charge in [-0.25, -0.2) is 4.79 Å². The van der Waals surface area contributed by atoms with Gasteiger partial charge < -0.3 is 25.0 Å². The van der Waals surface area contributed by atoms with Crippen molar-refractivity contribution < 1.29 is 14.3 Å². The van der Waals surface area contributed by atoms with E-state index in [4.69, 9.17) is 9.47 Å². The van der Waals surface area contributed by atoms with Gasteiger partial charge in [0.1, 0.15) is 5.60 Å². The molecule has 154 valence electrons. The second kappa shape index (κ2) is 11.2. The Hall–Kier alpha value is -0.770. The molecule has 0 aromatic heterocycles. The number of amides is 1. The van der Waals surface area contributed by atoms with Crippen LogP contribution < -0.4 is 10.6 Å². The van der Waals surface area contributed by atoms with Crippen molar-refractivity contribution >= 4 is 36.0 Å². The zero-order valence-electron chi connectivity index (χ0n) is 17.3. The Morgan fingerprint density at radius 3 is 2.19 bits per heavy atom. The number of nitrogens with zero attached hydrogens (tertiary/aromatic N) is 2. The van der Waals surface area contributed by atoms with Crippen molar-refractivity contribution in [1.82, 2.24) is 15.5 Å². The predicted octanol–water partition coefficient (Wildman–Crippen LogP) is 2.84. The molecule has 0 unspecified atom stereocenters. The van der Waals surface area contributed by atoms with E-state index in [1.165, 1.54) is 0 Å². The van der Waals surface area contributed by atoms with E-state index in [2.05, 4.69) is 15.6 Å². The molecule has 1 amide bonds. The van der Waals surface area contributed by atoms with Gasteiger partial charge in [-0.2, -0.15) is 0 Å². The SMILES string of the molecule is CN=C(NCC1CCN(C(=O)OC(C)(C)C)CC1)NCC(C)(C)OC.I. The van der Waals surface area contributed by atoms with Crippen LogP contribution in [0.1, 0.15) is 47.5 Å². The van der Waals surface area contributed by atoms with Gasteiger partial charge in [0.15, 0.2) is 5.96 Å². The monoisotopic (exact) mass is 484 g/mol. The quantitative estimate of drug-likeness (QED) is 0.357. The number of piperidine rings is 1. The molecule has 2 N–H and O–H groups in total. The normalized spacial score (nSPS) is 16.7. The lowest BCUT2D eigenvalue weighted by Crippen LogP contribution is -2.48. The first-order valence-electron chi connectivity index (χ1n) is 9.04. The molecule has 26 heavy (non-hydrogen) atoms. The summed E-state index contributed by atoms with van der Waals surface area (Å²) >= 11 is 0. The van der Waals surface area contributed by atoms with Crippen molar-refractivity contribution in [1.29, 1.82) is 0 Å². The van der Waals surface area contributed by atoms with Gasteiger partial charge in [0.05, 0.1) is 5.60 Å². The Morgan fingerprint density at radius 2 is 1.73 bits per heavy atom. The van der Waals surface area contributed by atoms with Gasteiger partial charge in [0.25, 0.3) is 0 Å². The van der Waals surface area contributed by atoms with E-state index in [-0.39, 0.29) is 35.7 Å². The van der Waals surface area contributed by atoms with Crippen LogP contribution in [0.3, 0.4) is 0 Å². The maximum absolute atomic E-state index is 12.1. The molecule has 1 saturated heterocycles. The number of halogens is 1. The number of likely N-dealkylation sites (tertiary alicyclic amines) is 1. The number of methoxy groups -OCH3 is 1. The first-order chi connectivity index (χ1) is 11.6. The molecule has 0 spiro atoms.